The quantitative estimate of drug-likeness (QED) is 0.870. The molecule has 0 bridgehead atoms. The van der Waals surface area contributed by atoms with E-state index in [1.54, 1.807) is 18.0 Å². The highest BCUT2D eigenvalue weighted by Crippen LogP contribution is 2.25. The molecule has 0 fully saturated rings. The van der Waals surface area contributed by atoms with Crippen molar-refractivity contribution in [2.45, 2.75) is 39.0 Å². The second-order valence-corrected chi connectivity index (χ2v) is 7.57. The summed E-state index contributed by atoms with van der Waals surface area (Å²) in [5.41, 5.74) is 4.52. The fourth-order valence-corrected chi connectivity index (χ4v) is 3.05. The molecule has 1 heterocycles. The Morgan fingerprint density at radius 1 is 1.26 bits per heavy atom. The standard InChI is InChI=1S/C19H24N2OS/c1-13(2)23-12-18(22)21-19(16-6-5-9-20-11-16)17-8-7-14(3)10-15(17)4/h5-11,13,19H,12H2,1-4H3,(H,21,22). The van der Waals surface area contributed by atoms with Crippen molar-refractivity contribution < 1.29 is 4.79 Å². The van der Waals surface area contributed by atoms with Gasteiger partial charge in [0.15, 0.2) is 0 Å². The van der Waals surface area contributed by atoms with Gasteiger partial charge in [-0.05, 0) is 41.9 Å². The summed E-state index contributed by atoms with van der Waals surface area (Å²) in [5, 5.41) is 3.61. The predicted octanol–water partition coefficient (Wildman–Crippen LogP) is 4.05. The van der Waals surface area contributed by atoms with Gasteiger partial charge in [-0.3, -0.25) is 9.78 Å². The molecule has 2 rings (SSSR count). The molecule has 1 amide bonds. The summed E-state index contributed by atoms with van der Waals surface area (Å²) in [6.07, 6.45) is 3.57. The zero-order valence-corrected chi connectivity index (χ0v) is 15.0. The topological polar surface area (TPSA) is 42.0 Å². The first-order valence-electron chi connectivity index (χ1n) is 7.85. The molecular formula is C19H24N2OS. The first-order chi connectivity index (χ1) is 11.0. The van der Waals surface area contributed by atoms with Crippen LogP contribution in [0.15, 0.2) is 42.7 Å². The molecule has 0 saturated carbocycles. The van der Waals surface area contributed by atoms with E-state index in [1.165, 1.54) is 11.1 Å². The highest BCUT2D eigenvalue weighted by Gasteiger charge is 2.19. The average Bonchev–Trinajstić information content (AvgIpc) is 2.52. The van der Waals surface area contributed by atoms with E-state index in [2.05, 4.69) is 56.2 Å². The van der Waals surface area contributed by atoms with Crippen molar-refractivity contribution in [2.75, 3.05) is 5.75 Å². The highest BCUT2D eigenvalue weighted by molar-refractivity contribution is 8.00. The van der Waals surface area contributed by atoms with Gasteiger partial charge in [0.25, 0.3) is 0 Å². The molecule has 0 aliphatic carbocycles. The van der Waals surface area contributed by atoms with Crippen LogP contribution in [0.2, 0.25) is 0 Å². The predicted molar refractivity (Wildman–Crippen MR) is 97.7 cm³/mol. The third kappa shape index (κ3) is 5.10. The van der Waals surface area contributed by atoms with Crippen molar-refractivity contribution in [3.05, 3.63) is 65.0 Å². The van der Waals surface area contributed by atoms with Gasteiger partial charge in [0.1, 0.15) is 0 Å². The van der Waals surface area contributed by atoms with Crippen LogP contribution in [0.3, 0.4) is 0 Å². The fraction of sp³-hybridized carbons (Fsp3) is 0.368. The summed E-state index contributed by atoms with van der Waals surface area (Å²) >= 11 is 1.65. The number of carbonyl (C=O) groups is 1. The van der Waals surface area contributed by atoms with Crippen LogP contribution < -0.4 is 5.32 Å². The molecule has 0 aliphatic rings. The van der Waals surface area contributed by atoms with Gasteiger partial charge >= 0.3 is 0 Å². The van der Waals surface area contributed by atoms with E-state index < -0.39 is 0 Å². The number of amides is 1. The molecule has 1 N–H and O–H groups in total. The van der Waals surface area contributed by atoms with Crippen LogP contribution in [0.1, 0.15) is 42.1 Å². The molecule has 1 aromatic carbocycles. The Balaban J connectivity index is 2.27. The Labute approximate surface area is 142 Å². The smallest absolute Gasteiger partial charge is 0.230 e. The van der Waals surface area contributed by atoms with Gasteiger partial charge in [-0.1, -0.05) is 43.7 Å². The first-order valence-corrected chi connectivity index (χ1v) is 8.90. The summed E-state index contributed by atoms with van der Waals surface area (Å²) in [7, 11) is 0. The number of thioether (sulfide) groups is 1. The molecule has 0 radical (unpaired) electrons. The van der Waals surface area contributed by atoms with Gasteiger partial charge in [0, 0.05) is 12.4 Å². The van der Waals surface area contributed by atoms with Gasteiger partial charge in [-0.15, -0.1) is 11.8 Å². The molecule has 4 heteroatoms. The molecule has 0 spiro atoms. The monoisotopic (exact) mass is 328 g/mol. The summed E-state index contributed by atoms with van der Waals surface area (Å²) < 4.78 is 0. The number of nitrogens with zero attached hydrogens (tertiary/aromatic N) is 1. The molecule has 23 heavy (non-hydrogen) atoms. The zero-order valence-electron chi connectivity index (χ0n) is 14.2. The number of hydrogen-bond donors (Lipinski definition) is 1. The fourth-order valence-electron chi connectivity index (χ4n) is 2.48. The lowest BCUT2D eigenvalue weighted by molar-refractivity contribution is -0.119. The highest BCUT2D eigenvalue weighted by atomic mass is 32.2. The first kappa shape index (κ1) is 17.5. The molecule has 0 aliphatic heterocycles. The van der Waals surface area contributed by atoms with Crippen molar-refractivity contribution in [1.82, 2.24) is 10.3 Å². The van der Waals surface area contributed by atoms with Crippen molar-refractivity contribution in [2.24, 2.45) is 0 Å². The van der Waals surface area contributed by atoms with Crippen LogP contribution in [0, 0.1) is 13.8 Å². The van der Waals surface area contributed by atoms with E-state index in [1.807, 2.05) is 18.3 Å². The minimum absolute atomic E-state index is 0.0533. The van der Waals surface area contributed by atoms with E-state index in [4.69, 9.17) is 0 Å². The summed E-state index contributed by atoms with van der Waals surface area (Å²) in [6, 6.07) is 10.1. The van der Waals surface area contributed by atoms with E-state index in [0.717, 1.165) is 11.1 Å². The molecule has 0 saturated heterocycles. The van der Waals surface area contributed by atoms with E-state index >= 15 is 0 Å². The number of nitrogens with one attached hydrogen (secondary N) is 1. The maximum Gasteiger partial charge on any atom is 0.230 e. The van der Waals surface area contributed by atoms with Crippen LogP contribution in [0.4, 0.5) is 0 Å². The Morgan fingerprint density at radius 2 is 2.04 bits per heavy atom. The lowest BCUT2D eigenvalue weighted by Crippen LogP contribution is -2.31. The van der Waals surface area contributed by atoms with Gasteiger partial charge in [-0.25, -0.2) is 0 Å². The van der Waals surface area contributed by atoms with Crippen molar-refractivity contribution in [1.29, 1.82) is 0 Å². The SMILES string of the molecule is Cc1ccc(C(NC(=O)CSC(C)C)c2cccnc2)c(C)c1. The molecule has 122 valence electrons. The normalized spacial score (nSPS) is 12.2. The Bertz CT molecular complexity index is 656. The Kier molecular flexibility index (Phi) is 6.22. The molecule has 3 nitrogen and oxygen atoms in total. The average molecular weight is 328 g/mol. The van der Waals surface area contributed by atoms with Crippen molar-refractivity contribution in [3.63, 3.8) is 0 Å². The Hall–Kier alpha value is -1.81. The summed E-state index contributed by atoms with van der Waals surface area (Å²) in [6.45, 7) is 8.36. The van der Waals surface area contributed by atoms with Gasteiger partial charge in [0.2, 0.25) is 5.91 Å². The van der Waals surface area contributed by atoms with Crippen molar-refractivity contribution in [3.8, 4) is 0 Å². The number of rotatable bonds is 6. The van der Waals surface area contributed by atoms with Crippen molar-refractivity contribution >= 4 is 17.7 Å². The minimum atomic E-state index is -0.162. The molecule has 2 aromatic rings. The van der Waals surface area contributed by atoms with Crippen LogP contribution in [-0.2, 0) is 4.79 Å². The van der Waals surface area contributed by atoms with Crippen LogP contribution in [0.5, 0.6) is 0 Å². The number of aromatic nitrogens is 1. The summed E-state index contributed by atoms with van der Waals surface area (Å²) in [5.74, 6) is 0.525. The minimum Gasteiger partial charge on any atom is -0.344 e. The maximum absolute atomic E-state index is 12.3. The second kappa shape index (κ2) is 8.16. The van der Waals surface area contributed by atoms with Gasteiger partial charge in [-0.2, -0.15) is 0 Å². The van der Waals surface area contributed by atoms with Gasteiger partial charge in [0.05, 0.1) is 11.8 Å². The zero-order chi connectivity index (χ0) is 16.8. The molecule has 1 atom stereocenters. The van der Waals surface area contributed by atoms with Crippen LogP contribution >= 0.6 is 11.8 Å². The third-order valence-corrected chi connectivity index (χ3v) is 4.70. The number of pyridine rings is 1. The van der Waals surface area contributed by atoms with Crippen LogP contribution in [0.25, 0.3) is 0 Å². The number of carbonyl (C=O) groups excluding carboxylic acids is 1. The lowest BCUT2D eigenvalue weighted by atomic mass is 9.94. The number of benzene rings is 1. The second-order valence-electron chi connectivity index (χ2n) is 6.01. The summed E-state index contributed by atoms with van der Waals surface area (Å²) in [4.78, 5) is 16.5. The Morgan fingerprint density at radius 3 is 2.65 bits per heavy atom. The van der Waals surface area contributed by atoms with Gasteiger partial charge < -0.3 is 5.32 Å². The molecular weight excluding hydrogens is 304 g/mol. The van der Waals surface area contributed by atoms with E-state index in [0.29, 0.717) is 11.0 Å². The van der Waals surface area contributed by atoms with E-state index in [-0.39, 0.29) is 11.9 Å². The van der Waals surface area contributed by atoms with E-state index in [9.17, 15) is 4.79 Å². The molecule has 1 unspecified atom stereocenters. The number of hydrogen-bond acceptors (Lipinski definition) is 3. The molecule has 1 aromatic heterocycles. The maximum atomic E-state index is 12.3. The lowest BCUT2D eigenvalue weighted by Gasteiger charge is -2.22. The van der Waals surface area contributed by atoms with Crippen LogP contribution in [-0.4, -0.2) is 21.9 Å². The largest absolute Gasteiger partial charge is 0.344 e. The number of aryl methyl sites for hydroxylation is 2. The third-order valence-electron chi connectivity index (χ3n) is 3.61.